The quantitative estimate of drug-likeness (QED) is 0.0230. The number of hydroxylamine groups is 2. The normalized spacial score (nSPS) is 7.24. The van der Waals surface area contributed by atoms with Crippen LogP contribution in [0, 0.1) is 218 Å². The van der Waals surface area contributed by atoms with E-state index in [0.29, 0.717) is 0 Å². The van der Waals surface area contributed by atoms with Gasteiger partial charge in [0.25, 0.3) is 0 Å². The molecule has 82 heavy (non-hydrogen) atoms. The van der Waals surface area contributed by atoms with Gasteiger partial charge in [0, 0.05) is 78.2 Å². The van der Waals surface area contributed by atoms with Crippen molar-refractivity contribution in [3.63, 3.8) is 0 Å². The predicted molar refractivity (Wildman–Crippen MR) is 369 cm³/mol. The molecule has 0 amide bonds. The van der Waals surface area contributed by atoms with Crippen molar-refractivity contribution in [1.82, 2.24) is 5.06 Å². The summed E-state index contributed by atoms with van der Waals surface area (Å²) in [5, 5.41) is 27.0. The van der Waals surface area contributed by atoms with Gasteiger partial charge in [-0.1, -0.05) is 138 Å². The molecule has 0 bridgehead atoms. The van der Waals surface area contributed by atoms with Crippen LogP contribution in [0.4, 0.5) is 0 Å². The van der Waals surface area contributed by atoms with Gasteiger partial charge in [-0.25, -0.2) is 23.7 Å². The number of nitrogens with one attached hydrogen (secondary N) is 1. The van der Waals surface area contributed by atoms with Crippen molar-refractivity contribution in [3.8, 4) is 213 Å². The molecule has 23 heteroatoms. The first-order chi connectivity index (χ1) is 38.7. The summed E-state index contributed by atoms with van der Waals surface area (Å²) in [4.78, 5) is 0. The fraction of sp³-hybridized carbons (Fsp3) is 0.390. The maximum Gasteiger partial charge on any atom is 1.00 e. The SMILES string of the molecule is CC#CC#CC#CC#CC#CC#CC#CC#CC#CC.CC#CC#CC#CC#CC#CC#CC#CC#CC#CC.CCCCCCCCCCCCCCCCC.CN(C)OS(=O)(=O)OOOO.O=S(=O)([O-])OOOO.[2H]N=S=S.[Br-].[HH].[HH].[HH].[HH].[HH].[HH].[HH].[HH].[HH].[HH].[HH].[HH].[HH].[HH].[HH].[HH].[HH].[HH].[HH].[HH].[HH].[HH].[HH].[HH].[HH].[HH].[HH].[HH].[HH].[HH].[Na+].[Na+]. The molecule has 0 aromatic heterocycles. The second kappa shape index (κ2) is 89.1. The molecule has 0 spiro atoms. The van der Waals surface area contributed by atoms with Gasteiger partial charge in [0.1, 0.15) is 0 Å². The number of hydrogen-bond donors (Lipinski definition) is 3. The molecule has 3 N–H and O–H groups in total. The van der Waals surface area contributed by atoms with Gasteiger partial charge in [0.05, 0.1) is 0 Å². The minimum atomic E-state index is -4.94. The van der Waals surface area contributed by atoms with E-state index in [1.54, 1.807) is 27.7 Å². The van der Waals surface area contributed by atoms with E-state index in [-0.39, 0.29) is 119 Å². The predicted octanol–water partition coefficient (Wildman–Crippen LogP) is 5.55. The first kappa shape index (κ1) is 92.7. The second-order valence-corrected chi connectivity index (χ2v) is 15.4. The van der Waals surface area contributed by atoms with E-state index in [1.165, 1.54) is 110 Å². The van der Waals surface area contributed by atoms with E-state index in [1.807, 2.05) is 0 Å². The molecule has 0 saturated carbocycles. The third-order valence-electron chi connectivity index (χ3n) is 6.61. The van der Waals surface area contributed by atoms with Crippen LogP contribution in [0.2, 0.25) is 1.41 Å². The van der Waals surface area contributed by atoms with Crippen LogP contribution in [0.1, 0.15) is 181 Å². The van der Waals surface area contributed by atoms with Crippen LogP contribution in [-0.4, -0.2) is 51.1 Å². The second-order valence-electron chi connectivity index (χ2n) is 12.8. The topological polar surface area (TPSA) is 223 Å². The van der Waals surface area contributed by atoms with E-state index in [2.05, 4.69) is 276 Å². The molecule has 0 fully saturated rings. The Kier molecular flexibility index (Phi) is 101. The van der Waals surface area contributed by atoms with Gasteiger partial charge in [-0.05, 0) is 242 Å². The summed E-state index contributed by atoms with van der Waals surface area (Å²) in [5.74, 6) is 91.2. The van der Waals surface area contributed by atoms with Gasteiger partial charge >= 0.3 is 69.5 Å². The third kappa shape index (κ3) is 122. The summed E-state index contributed by atoms with van der Waals surface area (Å²) >= 11 is 4.12. The number of nitrogens with zero attached hydrogens (tertiary/aromatic N) is 1. The standard InChI is InChI=1S/2C20H6.C17H36.C2H7NO7S.BrH.HNS2.2Na.H2O7S.30H2/c2*1-3-5-7-9-11-13-15-17-19-20-18-16-14-12-10-8-6-4-2;1-3-5-7-9-11-13-15-17-16-14-12-10-8-6-4-2;1-3(2)7-11(5,6)10-9-8-4;;1-3-2;;;1-5-6-7-8(2,3)4;;;;;;;;;;;;;;;;;;;;;;;;;;;;;;/h2*1-2H3;3-17H2,1-2H3;4H,1-2H3;1H;1H;;;1H,(H,2,3,4);30*1H/q;;;;;;2*+1;;;;;;;;;;;;;;;;;;;;;;;;;;;;;;;/p-2/i/hD. The molecule has 0 saturated heterocycles. The van der Waals surface area contributed by atoms with Gasteiger partial charge < -0.3 is 21.5 Å². The van der Waals surface area contributed by atoms with Gasteiger partial charge in [-0.2, -0.15) is 17.8 Å². The first-order valence-electron chi connectivity index (χ1n) is 23.2. The Morgan fingerprint density at radius 3 is 0.768 bits per heavy atom. The van der Waals surface area contributed by atoms with Crippen LogP contribution >= 0.6 is 0 Å². The maximum absolute atomic E-state index is 10.4. The van der Waals surface area contributed by atoms with Crippen LogP contribution in [-0.2, 0) is 75.2 Å². The number of halogens is 1. The van der Waals surface area contributed by atoms with Gasteiger partial charge in [0.15, 0.2) is 0 Å². The molecular weight excluding hydrogens is 1210 g/mol. The minimum absolute atomic E-state index is 0. The molecule has 0 unspecified atom stereocenters. The fourth-order valence-corrected chi connectivity index (χ4v) is 4.43. The van der Waals surface area contributed by atoms with Gasteiger partial charge in [0.2, 0.25) is 11.8 Å². The Bertz CT molecular complexity index is 3070. The summed E-state index contributed by atoms with van der Waals surface area (Å²) in [6.07, 6.45) is 21.9. The van der Waals surface area contributed by atoms with Crippen molar-refractivity contribution in [1.29, 1.82) is 4.77 Å². The van der Waals surface area contributed by atoms with Crippen LogP contribution < -0.4 is 76.1 Å². The Labute approximate surface area is 598 Å². The minimum Gasteiger partial charge on any atom is -1.00 e. The Morgan fingerprint density at radius 1 is 0.451 bits per heavy atom. The van der Waals surface area contributed by atoms with Crippen molar-refractivity contribution >= 4 is 42.1 Å². The average molecular weight is 1330 g/mol. The zero-order valence-electron chi connectivity index (χ0n) is 48.3. The maximum atomic E-state index is 10.4. The van der Waals surface area contributed by atoms with Crippen molar-refractivity contribution in [2.75, 3.05) is 14.1 Å². The van der Waals surface area contributed by atoms with Gasteiger partial charge in [-0.3, -0.25) is 0 Å². The molecule has 0 aromatic rings. The van der Waals surface area contributed by atoms with Crippen molar-refractivity contribution in [3.05, 3.63) is 0 Å². The molecule has 480 valence electrons. The van der Waals surface area contributed by atoms with Gasteiger partial charge in [-0.15, -0.1) is 0 Å². The van der Waals surface area contributed by atoms with E-state index in [9.17, 15) is 21.4 Å². The van der Waals surface area contributed by atoms with Crippen LogP contribution in [0.25, 0.3) is 0 Å². The third-order valence-corrected chi connectivity index (χ3v) is 7.53. The summed E-state index contributed by atoms with van der Waals surface area (Å²) in [7, 11) is -5.92. The average Bonchev–Trinajstić information content (AvgIpc) is 3.43. The van der Waals surface area contributed by atoms with E-state index in [0.717, 1.165) is 15.2 Å². The molecule has 0 aromatic carbocycles. The van der Waals surface area contributed by atoms with Crippen molar-refractivity contribution in [2.24, 2.45) is 0 Å². The zero-order valence-corrected chi connectivity index (χ0v) is 56.2. The first-order valence-corrected chi connectivity index (χ1v) is 27.1. The molecular formula is C59H117BrN2Na2O14S4. The monoisotopic (exact) mass is 1330 g/mol. The number of hydrogen-bond acceptors (Lipinski definition) is 17. The molecule has 16 nitrogen and oxygen atoms in total. The number of rotatable bonds is 22. The Hall–Kier alpha value is -5.74. The van der Waals surface area contributed by atoms with Crippen LogP contribution in [0.5, 0.6) is 0 Å². The Morgan fingerprint density at radius 2 is 0.634 bits per heavy atom. The van der Waals surface area contributed by atoms with E-state index in [4.69, 9.17) is 11.9 Å². The van der Waals surface area contributed by atoms with E-state index < -0.39 is 20.8 Å². The summed E-state index contributed by atoms with van der Waals surface area (Å²) < 4.78 is 67.6. The molecule has 0 aliphatic carbocycles. The van der Waals surface area contributed by atoms with Crippen LogP contribution in [0.15, 0.2) is 0 Å². The largest absolute Gasteiger partial charge is 1.00 e. The molecule has 0 radical (unpaired) electrons. The van der Waals surface area contributed by atoms with E-state index >= 15 is 0 Å². The van der Waals surface area contributed by atoms with Crippen LogP contribution in [0.3, 0.4) is 0 Å². The smallest absolute Gasteiger partial charge is 1.00 e. The summed E-state index contributed by atoms with van der Waals surface area (Å²) in [6, 6.07) is 0. The molecule has 0 aliphatic heterocycles. The molecule has 0 atom stereocenters. The number of unbranched alkanes of at least 4 members (excludes halogenated alkanes) is 14. The fourth-order valence-electron chi connectivity index (χ4n) is 3.86. The van der Waals surface area contributed by atoms with Crippen molar-refractivity contribution < 1.29 is 185 Å². The zero-order chi connectivity index (χ0) is 61.0. The molecule has 0 heterocycles. The summed E-state index contributed by atoms with van der Waals surface area (Å²) in [6.45, 7) is 11.4. The molecule has 0 aliphatic rings. The molecule has 0 rings (SSSR count). The Balaban J connectivity index is -0.0000000153. The summed E-state index contributed by atoms with van der Waals surface area (Å²) in [5.41, 5.74) is 0. The van der Waals surface area contributed by atoms with Crippen molar-refractivity contribution in [2.45, 2.75) is 138 Å².